The fraction of sp³-hybridized carbons (Fsp3) is 0.222. The van der Waals surface area contributed by atoms with Crippen molar-refractivity contribution in [2.45, 2.75) is 5.72 Å². The van der Waals surface area contributed by atoms with Crippen molar-refractivity contribution in [1.82, 2.24) is 5.32 Å². The van der Waals surface area contributed by atoms with Crippen LogP contribution in [0.4, 0.5) is 4.79 Å². The average molecular weight is 195 g/mol. The summed E-state index contributed by atoms with van der Waals surface area (Å²) in [5.74, 6) is 0.371. The number of hydrogen-bond donors (Lipinski definition) is 2. The number of amides is 1. The molecule has 1 aliphatic rings. The maximum absolute atomic E-state index is 10.9. The summed E-state index contributed by atoms with van der Waals surface area (Å²) in [6, 6.07) is 9.14. The third kappa shape index (κ3) is 1.55. The number of aliphatic hydroxyl groups is 1. The Kier molecular flexibility index (Phi) is 2.01. The molecule has 1 fully saturated rings. The normalized spacial score (nSPS) is 27.3. The summed E-state index contributed by atoms with van der Waals surface area (Å²) in [6.45, 7) is 0. The van der Waals surface area contributed by atoms with Gasteiger partial charge in [0, 0.05) is 5.56 Å². The molecule has 0 spiro atoms. The fourth-order valence-corrected chi connectivity index (χ4v) is 2.10. The second-order valence-corrected chi connectivity index (χ2v) is 3.88. The second kappa shape index (κ2) is 3.05. The molecule has 0 saturated carbocycles. The molecule has 68 valence electrons. The van der Waals surface area contributed by atoms with Gasteiger partial charge >= 0.3 is 0 Å². The Morgan fingerprint density at radius 2 is 2.08 bits per heavy atom. The maximum Gasteiger partial charge on any atom is 0.281 e. The van der Waals surface area contributed by atoms with Gasteiger partial charge in [0.1, 0.15) is 0 Å². The van der Waals surface area contributed by atoms with Gasteiger partial charge in [0.15, 0.2) is 5.72 Å². The lowest BCUT2D eigenvalue weighted by molar-refractivity contribution is 0.0458. The predicted octanol–water partition coefficient (Wildman–Crippen LogP) is 1.29. The van der Waals surface area contributed by atoms with E-state index in [1.54, 1.807) is 12.1 Å². The van der Waals surface area contributed by atoms with E-state index in [9.17, 15) is 9.90 Å². The topological polar surface area (TPSA) is 49.3 Å². The first-order chi connectivity index (χ1) is 6.21. The summed E-state index contributed by atoms with van der Waals surface area (Å²) in [5.41, 5.74) is -0.448. The molecule has 3 nitrogen and oxygen atoms in total. The highest BCUT2D eigenvalue weighted by molar-refractivity contribution is 8.14. The van der Waals surface area contributed by atoms with Crippen molar-refractivity contribution in [2.24, 2.45) is 0 Å². The van der Waals surface area contributed by atoms with E-state index in [0.29, 0.717) is 5.75 Å². The quantitative estimate of drug-likeness (QED) is 0.710. The Labute approximate surface area is 80.1 Å². The molecule has 1 aliphatic heterocycles. The van der Waals surface area contributed by atoms with Gasteiger partial charge in [0.25, 0.3) is 5.24 Å². The van der Waals surface area contributed by atoms with Gasteiger partial charge in [-0.3, -0.25) is 4.79 Å². The number of nitrogens with one attached hydrogen (secondary N) is 1. The first-order valence-electron chi connectivity index (χ1n) is 3.93. The molecule has 1 aromatic rings. The molecule has 0 aliphatic carbocycles. The zero-order valence-electron chi connectivity index (χ0n) is 6.86. The minimum absolute atomic E-state index is 0.175. The highest BCUT2D eigenvalue weighted by Crippen LogP contribution is 2.29. The zero-order valence-corrected chi connectivity index (χ0v) is 7.67. The molecule has 1 atom stereocenters. The van der Waals surface area contributed by atoms with Crippen molar-refractivity contribution < 1.29 is 9.90 Å². The van der Waals surface area contributed by atoms with E-state index < -0.39 is 5.72 Å². The van der Waals surface area contributed by atoms with Crippen LogP contribution in [0.5, 0.6) is 0 Å². The summed E-state index contributed by atoms with van der Waals surface area (Å²) in [6.07, 6.45) is 0. The molecule has 1 heterocycles. The molecule has 1 aromatic carbocycles. The monoisotopic (exact) mass is 195 g/mol. The van der Waals surface area contributed by atoms with Gasteiger partial charge in [0.2, 0.25) is 0 Å². The first kappa shape index (κ1) is 8.59. The molecule has 2 N–H and O–H groups in total. The third-order valence-electron chi connectivity index (χ3n) is 1.97. The van der Waals surface area contributed by atoms with Crippen LogP contribution in [-0.2, 0) is 5.72 Å². The minimum Gasteiger partial charge on any atom is -0.366 e. The summed E-state index contributed by atoms with van der Waals surface area (Å²) in [5, 5.41) is 12.3. The van der Waals surface area contributed by atoms with Crippen molar-refractivity contribution in [2.75, 3.05) is 5.75 Å². The van der Waals surface area contributed by atoms with Crippen molar-refractivity contribution >= 4 is 17.0 Å². The molecular weight excluding hydrogens is 186 g/mol. The molecule has 1 saturated heterocycles. The van der Waals surface area contributed by atoms with Crippen LogP contribution in [0.2, 0.25) is 0 Å². The van der Waals surface area contributed by atoms with Crippen LogP contribution in [-0.4, -0.2) is 16.1 Å². The number of carbonyl (C=O) groups is 1. The predicted molar refractivity (Wildman–Crippen MR) is 51.3 cm³/mol. The zero-order chi connectivity index (χ0) is 9.31. The molecule has 1 amide bonds. The van der Waals surface area contributed by atoms with Crippen molar-refractivity contribution in [3.05, 3.63) is 35.9 Å². The molecule has 4 heteroatoms. The van der Waals surface area contributed by atoms with Crippen LogP contribution in [0.25, 0.3) is 0 Å². The van der Waals surface area contributed by atoms with E-state index in [0.717, 1.165) is 17.3 Å². The van der Waals surface area contributed by atoms with Gasteiger partial charge in [-0.25, -0.2) is 0 Å². The van der Waals surface area contributed by atoms with Crippen molar-refractivity contribution in [3.63, 3.8) is 0 Å². The number of rotatable bonds is 1. The average Bonchev–Trinajstić information content (AvgIpc) is 2.49. The molecule has 2 rings (SSSR count). The second-order valence-electron chi connectivity index (χ2n) is 2.93. The van der Waals surface area contributed by atoms with Crippen molar-refractivity contribution in [3.8, 4) is 0 Å². The summed E-state index contributed by atoms with van der Waals surface area (Å²) in [7, 11) is 0. The lowest BCUT2D eigenvalue weighted by Gasteiger charge is -2.21. The van der Waals surface area contributed by atoms with Crippen LogP contribution in [0, 0.1) is 0 Å². The van der Waals surface area contributed by atoms with Crippen LogP contribution in [0.15, 0.2) is 30.3 Å². The van der Waals surface area contributed by atoms with E-state index in [-0.39, 0.29) is 5.24 Å². The largest absolute Gasteiger partial charge is 0.366 e. The molecular formula is C9H9NO2S. The summed E-state index contributed by atoms with van der Waals surface area (Å²) < 4.78 is 0. The number of carbonyl (C=O) groups excluding carboxylic acids is 1. The number of thioether (sulfide) groups is 1. The van der Waals surface area contributed by atoms with Gasteiger partial charge in [-0.1, -0.05) is 42.1 Å². The Bertz CT molecular complexity index is 328. The Balaban J connectivity index is 2.31. The standard InChI is InChI=1S/C9H9NO2S/c11-8-10-9(12,6-13-8)7-4-2-1-3-5-7/h1-5,12H,6H2,(H,10,11). The van der Waals surface area contributed by atoms with Crippen LogP contribution < -0.4 is 5.32 Å². The van der Waals surface area contributed by atoms with E-state index in [1.165, 1.54) is 0 Å². The van der Waals surface area contributed by atoms with Gasteiger partial charge in [-0.15, -0.1) is 0 Å². The Morgan fingerprint density at radius 3 is 2.62 bits per heavy atom. The van der Waals surface area contributed by atoms with Gasteiger partial charge in [0.05, 0.1) is 5.75 Å². The van der Waals surface area contributed by atoms with E-state index in [4.69, 9.17) is 0 Å². The van der Waals surface area contributed by atoms with Gasteiger partial charge in [-0.2, -0.15) is 0 Å². The van der Waals surface area contributed by atoms with Crippen LogP contribution in [0.1, 0.15) is 5.56 Å². The van der Waals surface area contributed by atoms with Crippen molar-refractivity contribution in [1.29, 1.82) is 0 Å². The molecule has 13 heavy (non-hydrogen) atoms. The molecule has 1 unspecified atom stereocenters. The highest BCUT2D eigenvalue weighted by Gasteiger charge is 2.37. The number of hydrogen-bond acceptors (Lipinski definition) is 3. The minimum atomic E-state index is -1.18. The van der Waals surface area contributed by atoms with Gasteiger partial charge < -0.3 is 10.4 Å². The smallest absolute Gasteiger partial charge is 0.281 e. The maximum atomic E-state index is 10.9. The van der Waals surface area contributed by atoms with E-state index in [1.807, 2.05) is 18.2 Å². The van der Waals surface area contributed by atoms with Crippen LogP contribution >= 0.6 is 11.8 Å². The number of benzene rings is 1. The fourth-order valence-electron chi connectivity index (χ4n) is 1.28. The summed E-state index contributed by atoms with van der Waals surface area (Å²) in [4.78, 5) is 10.9. The third-order valence-corrected chi connectivity index (χ3v) is 2.90. The Hall–Kier alpha value is -1.00. The lowest BCUT2D eigenvalue weighted by atomic mass is 10.1. The van der Waals surface area contributed by atoms with Gasteiger partial charge in [-0.05, 0) is 0 Å². The molecule has 0 bridgehead atoms. The van der Waals surface area contributed by atoms with E-state index >= 15 is 0 Å². The molecule has 0 radical (unpaired) electrons. The SMILES string of the molecule is O=C1NC(O)(c2ccccc2)CS1. The lowest BCUT2D eigenvalue weighted by Crippen LogP contribution is -2.40. The Morgan fingerprint density at radius 1 is 1.38 bits per heavy atom. The molecule has 0 aromatic heterocycles. The first-order valence-corrected chi connectivity index (χ1v) is 4.92. The highest BCUT2D eigenvalue weighted by atomic mass is 32.2. The van der Waals surface area contributed by atoms with Crippen LogP contribution in [0.3, 0.4) is 0 Å². The van der Waals surface area contributed by atoms with E-state index in [2.05, 4.69) is 5.32 Å². The summed E-state index contributed by atoms with van der Waals surface area (Å²) >= 11 is 1.10.